The van der Waals surface area contributed by atoms with Crippen LogP contribution in [0.4, 0.5) is 11.6 Å². The van der Waals surface area contributed by atoms with E-state index in [9.17, 15) is 9.59 Å². The molecule has 7 nitrogen and oxygen atoms in total. The number of aromatic nitrogens is 2. The zero-order valence-corrected chi connectivity index (χ0v) is 17.4. The fraction of sp³-hybridized carbons (Fsp3) is 0.455. The van der Waals surface area contributed by atoms with Crippen molar-refractivity contribution in [2.75, 3.05) is 42.5 Å². The van der Waals surface area contributed by atoms with E-state index >= 15 is 0 Å². The molecular weight excluding hydrogens is 366 g/mol. The molecule has 0 aliphatic carbocycles. The highest BCUT2D eigenvalue weighted by atomic mass is 16.2. The molecule has 7 heteroatoms. The molecule has 0 atom stereocenters. The van der Waals surface area contributed by atoms with E-state index in [1.54, 1.807) is 30.3 Å². The highest BCUT2D eigenvalue weighted by Crippen LogP contribution is 2.21. The van der Waals surface area contributed by atoms with Gasteiger partial charge >= 0.3 is 0 Å². The quantitative estimate of drug-likeness (QED) is 0.752. The molecule has 2 aromatic rings. The lowest BCUT2D eigenvalue weighted by atomic mass is 10.0. The Morgan fingerprint density at radius 1 is 1.03 bits per heavy atom. The third kappa shape index (κ3) is 5.31. The van der Waals surface area contributed by atoms with Crippen LogP contribution in [-0.4, -0.2) is 59.4 Å². The maximum Gasteiger partial charge on any atom is 0.225 e. The van der Waals surface area contributed by atoms with E-state index in [-0.39, 0.29) is 11.8 Å². The van der Waals surface area contributed by atoms with Crippen LogP contribution in [-0.2, 0) is 9.59 Å². The van der Waals surface area contributed by atoms with Crippen molar-refractivity contribution in [2.45, 2.75) is 33.1 Å². The van der Waals surface area contributed by atoms with Gasteiger partial charge in [-0.1, -0.05) is 26.0 Å². The minimum atomic E-state index is -0.0545. The summed E-state index contributed by atoms with van der Waals surface area (Å²) < 4.78 is 0. The maximum absolute atomic E-state index is 12.7. The van der Waals surface area contributed by atoms with Crippen LogP contribution in [0.2, 0.25) is 0 Å². The number of hydrogen-bond donors (Lipinski definition) is 0. The number of anilines is 2. The molecule has 1 aliphatic rings. The molecule has 1 saturated heterocycles. The number of benzene rings is 1. The highest BCUT2D eigenvalue weighted by Gasteiger charge is 2.23. The molecule has 0 spiro atoms. The Morgan fingerprint density at radius 2 is 1.66 bits per heavy atom. The minimum absolute atomic E-state index is 0.0545. The monoisotopic (exact) mass is 395 g/mol. The van der Waals surface area contributed by atoms with Crippen LogP contribution in [0.25, 0.3) is 0 Å². The number of amides is 2. The van der Waals surface area contributed by atoms with E-state index in [2.05, 4.69) is 28.7 Å². The molecule has 0 N–H and O–H groups in total. The van der Waals surface area contributed by atoms with Gasteiger partial charge in [0.05, 0.1) is 0 Å². The fourth-order valence-corrected chi connectivity index (χ4v) is 3.48. The summed E-state index contributed by atoms with van der Waals surface area (Å²) in [5.41, 5.74) is 2.06. The third-order valence-electron chi connectivity index (χ3n) is 5.27. The van der Waals surface area contributed by atoms with Crippen molar-refractivity contribution >= 4 is 23.5 Å². The Kier molecular flexibility index (Phi) is 6.80. The van der Waals surface area contributed by atoms with Crippen LogP contribution in [0.15, 0.2) is 42.7 Å². The maximum atomic E-state index is 12.7. The molecule has 3 rings (SSSR count). The highest BCUT2D eigenvalue weighted by molar-refractivity contribution is 5.92. The Hall–Kier alpha value is -2.96. The topological polar surface area (TPSA) is 69.6 Å². The molecule has 2 amide bonds. The summed E-state index contributed by atoms with van der Waals surface area (Å²) in [7, 11) is 0. The molecule has 0 unspecified atom stereocenters. The second kappa shape index (κ2) is 9.49. The van der Waals surface area contributed by atoms with Crippen molar-refractivity contribution in [2.24, 2.45) is 0 Å². The van der Waals surface area contributed by atoms with Gasteiger partial charge in [0.25, 0.3) is 0 Å². The first-order valence-corrected chi connectivity index (χ1v) is 10.1. The van der Waals surface area contributed by atoms with Gasteiger partial charge in [-0.3, -0.25) is 9.59 Å². The first-order chi connectivity index (χ1) is 14.0. The number of nitrogens with zero attached hydrogens (tertiary/aromatic N) is 5. The smallest absolute Gasteiger partial charge is 0.225 e. The van der Waals surface area contributed by atoms with Crippen LogP contribution in [0.3, 0.4) is 0 Å². The Morgan fingerprint density at radius 3 is 2.21 bits per heavy atom. The van der Waals surface area contributed by atoms with Gasteiger partial charge in [-0.2, -0.15) is 0 Å². The Bertz CT molecular complexity index is 815. The largest absolute Gasteiger partial charge is 0.339 e. The Labute approximate surface area is 172 Å². The average molecular weight is 396 g/mol. The van der Waals surface area contributed by atoms with Gasteiger partial charge in [-0.05, 0) is 29.7 Å². The summed E-state index contributed by atoms with van der Waals surface area (Å²) in [4.78, 5) is 39.0. The molecule has 1 aromatic carbocycles. The molecular formula is C22H29N5O2. The number of hydrogen-bond acceptors (Lipinski definition) is 5. The molecule has 29 heavy (non-hydrogen) atoms. The van der Waals surface area contributed by atoms with E-state index in [0.29, 0.717) is 51.0 Å². The van der Waals surface area contributed by atoms with Crippen LogP contribution in [0.5, 0.6) is 0 Å². The lowest BCUT2D eigenvalue weighted by molar-refractivity contribution is -0.131. The van der Waals surface area contributed by atoms with E-state index in [1.165, 1.54) is 5.56 Å². The molecule has 0 radical (unpaired) electrons. The van der Waals surface area contributed by atoms with Crippen LogP contribution >= 0.6 is 0 Å². The molecule has 1 aromatic heterocycles. The van der Waals surface area contributed by atoms with Gasteiger partial charge in [0.2, 0.25) is 17.8 Å². The zero-order valence-electron chi connectivity index (χ0n) is 17.4. The van der Waals surface area contributed by atoms with Crippen LogP contribution in [0.1, 0.15) is 38.7 Å². The third-order valence-corrected chi connectivity index (χ3v) is 5.27. The SMILES string of the molecule is CC(=O)N(CCC(=O)N1CCN(c2ncccn2)CC1)c1ccc(C(C)C)cc1. The van der Waals surface area contributed by atoms with E-state index < -0.39 is 0 Å². The average Bonchev–Trinajstić information content (AvgIpc) is 2.74. The van der Waals surface area contributed by atoms with Gasteiger partial charge in [-0.25, -0.2) is 9.97 Å². The van der Waals surface area contributed by atoms with E-state index in [1.807, 2.05) is 29.2 Å². The van der Waals surface area contributed by atoms with Crippen molar-refractivity contribution in [3.63, 3.8) is 0 Å². The summed E-state index contributed by atoms with van der Waals surface area (Å²) in [6, 6.07) is 9.80. The summed E-state index contributed by atoms with van der Waals surface area (Å²) in [6.07, 6.45) is 3.77. The van der Waals surface area contributed by atoms with Crippen molar-refractivity contribution in [3.8, 4) is 0 Å². The molecule has 0 saturated carbocycles. The molecule has 2 heterocycles. The molecule has 1 aliphatic heterocycles. The number of carbonyl (C=O) groups excluding carboxylic acids is 2. The van der Waals surface area contributed by atoms with Crippen LogP contribution in [0, 0.1) is 0 Å². The molecule has 0 bridgehead atoms. The lowest BCUT2D eigenvalue weighted by Gasteiger charge is -2.35. The number of rotatable bonds is 6. The minimum Gasteiger partial charge on any atom is -0.339 e. The first-order valence-electron chi connectivity index (χ1n) is 10.1. The molecule has 154 valence electrons. The lowest BCUT2D eigenvalue weighted by Crippen LogP contribution is -2.49. The number of piperazine rings is 1. The van der Waals surface area contributed by atoms with Crippen LogP contribution < -0.4 is 9.80 Å². The van der Waals surface area contributed by atoms with Gasteiger partial charge < -0.3 is 14.7 Å². The van der Waals surface area contributed by atoms with Gasteiger partial charge in [-0.15, -0.1) is 0 Å². The van der Waals surface area contributed by atoms with Crippen molar-refractivity contribution < 1.29 is 9.59 Å². The molecule has 1 fully saturated rings. The predicted molar refractivity (Wildman–Crippen MR) is 114 cm³/mol. The summed E-state index contributed by atoms with van der Waals surface area (Å²) in [5.74, 6) is 1.16. The van der Waals surface area contributed by atoms with Crippen molar-refractivity contribution in [3.05, 3.63) is 48.3 Å². The van der Waals surface area contributed by atoms with Gasteiger partial charge in [0.1, 0.15) is 0 Å². The van der Waals surface area contributed by atoms with Gasteiger partial charge in [0.15, 0.2) is 0 Å². The Balaban J connectivity index is 1.54. The second-order valence-corrected chi connectivity index (χ2v) is 7.58. The second-order valence-electron chi connectivity index (χ2n) is 7.58. The van der Waals surface area contributed by atoms with Crippen molar-refractivity contribution in [1.29, 1.82) is 0 Å². The normalized spacial score (nSPS) is 14.2. The fourth-order valence-electron chi connectivity index (χ4n) is 3.48. The van der Waals surface area contributed by atoms with Gasteiger partial charge in [0, 0.05) is 64.1 Å². The van der Waals surface area contributed by atoms with E-state index in [0.717, 1.165) is 5.69 Å². The summed E-state index contributed by atoms with van der Waals surface area (Å²) in [5, 5.41) is 0. The van der Waals surface area contributed by atoms with Crippen molar-refractivity contribution in [1.82, 2.24) is 14.9 Å². The van der Waals surface area contributed by atoms with E-state index in [4.69, 9.17) is 0 Å². The standard InChI is InChI=1S/C22H29N5O2/c1-17(2)19-5-7-20(8-6-19)27(18(3)28)12-9-21(29)25-13-15-26(16-14-25)22-23-10-4-11-24-22/h4-8,10-11,17H,9,12-16H2,1-3H3. The first kappa shape index (κ1) is 20.8. The summed E-state index contributed by atoms with van der Waals surface area (Å²) in [6.45, 7) is 8.91. The zero-order chi connectivity index (χ0) is 20.8. The number of carbonyl (C=O) groups is 2. The summed E-state index contributed by atoms with van der Waals surface area (Å²) >= 11 is 0. The predicted octanol–water partition coefficient (Wildman–Crippen LogP) is 2.69.